The van der Waals surface area contributed by atoms with Gasteiger partial charge in [0.15, 0.2) is 6.04 Å². The number of carbonyl (C=O) groups excluding carboxylic acids is 2. The molecule has 0 spiro atoms. The van der Waals surface area contributed by atoms with E-state index in [-0.39, 0.29) is 24.5 Å². The van der Waals surface area contributed by atoms with Crippen molar-refractivity contribution in [3.8, 4) is 11.5 Å². The zero-order valence-corrected chi connectivity index (χ0v) is 24.1. The molecule has 0 aromatic heterocycles. The molecule has 2 amide bonds. The van der Waals surface area contributed by atoms with Crippen LogP contribution < -0.4 is 15.4 Å². The summed E-state index contributed by atoms with van der Waals surface area (Å²) in [6.07, 6.45) is -3.33. The number of benzene rings is 4. The highest BCUT2D eigenvalue weighted by molar-refractivity contribution is 6.30. The fourth-order valence-corrected chi connectivity index (χ4v) is 4.04. The minimum Gasteiger partial charge on any atom is -0.480 e. The Labute approximate surface area is 261 Å². The molecule has 232 valence electrons. The van der Waals surface area contributed by atoms with E-state index >= 15 is 0 Å². The van der Waals surface area contributed by atoms with Crippen LogP contribution >= 0.6 is 11.6 Å². The van der Waals surface area contributed by atoms with E-state index in [0.29, 0.717) is 22.1 Å². The molecule has 0 fully saturated rings. The van der Waals surface area contributed by atoms with Gasteiger partial charge in [-0.25, -0.2) is 4.79 Å². The molecular weight excluding hydrogens is 613 g/mol. The second-order valence-electron chi connectivity index (χ2n) is 9.58. The van der Waals surface area contributed by atoms with Crippen LogP contribution in [-0.2, 0) is 27.1 Å². The summed E-state index contributed by atoms with van der Waals surface area (Å²) < 4.78 is 50.3. The lowest BCUT2D eigenvalue weighted by atomic mass is 10.1. The third-order valence-corrected chi connectivity index (χ3v) is 6.44. The molecule has 0 heterocycles. The molecule has 3 N–H and O–H groups in total. The molecule has 4 rings (SSSR count). The van der Waals surface area contributed by atoms with Crippen molar-refractivity contribution < 1.29 is 42.1 Å². The van der Waals surface area contributed by atoms with Gasteiger partial charge in [0.2, 0.25) is 0 Å². The first-order valence-electron chi connectivity index (χ1n) is 13.4. The van der Waals surface area contributed by atoms with E-state index in [0.717, 1.165) is 29.8 Å². The Bertz CT molecular complexity index is 1660. The van der Waals surface area contributed by atoms with E-state index < -0.39 is 35.6 Å². The number of hydrogen-bond donors (Lipinski definition) is 3. The average molecular weight is 639 g/mol. The van der Waals surface area contributed by atoms with Crippen LogP contribution in [0.5, 0.6) is 11.5 Å². The molecule has 0 radical (unpaired) electrons. The largest absolute Gasteiger partial charge is 0.480 e. The van der Waals surface area contributed by atoms with Crippen LogP contribution in [0.2, 0.25) is 5.02 Å². The molecule has 0 aliphatic heterocycles. The zero-order valence-electron chi connectivity index (χ0n) is 23.4. The van der Waals surface area contributed by atoms with Crippen LogP contribution in [0.15, 0.2) is 109 Å². The fraction of sp³-hybridized carbons (Fsp3) is 0.121. The summed E-state index contributed by atoms with van der Waals surface area (Å²) in [5.41, 5.74) is -0.324. The lowest BCUT2D eigenvalue weighted by molar-refractivity contribution is -0.143. The third kappa shape index (κ3) is 9.95. The number of amides is 2. The lowest BCUT2D eigenvalue weighted by Crippen LogP contribution is -2.46. The number of nitrogens with one attached hydrogen (secondary N) is 2. The molecule has 0 bridgehead atoms. The standard InChI is InChI=1S/C33H26ClF3N2O6/c34-25-13-15-26(16-14-25)45-27-8-4-7-22(17-27)18-28(38-30(40)23-9-11-24(12-10-23)33(35,36)37)31(41)39-29(32(42)43)20-44-19-21-5-2-1-3-6-21/h1-18,29H,19-20H2,(H,38,40)(H,39,41)(H,42,43)/t29-/m0/s1. The van der Waals surface area contributed by atoms with Crippen molar-refractivity contribution in [2.45, 2.75) is 18.8 Å². The maximum absolute atomic E-state index is 13.4. The number of rotatable bonds is 12. The highest BCUT2D eigenvalue weighted by Gasteiger charge is 2.30. The van der Waals surface area contributed by atoms with E-state index in [1.165, 1.54) is 6.08 Å². The van der Waals surface area contributed by atoms with E-state index in [1.807, 2.05) is 6.07 Å². The number of aliphatic carboxylic acids is 1. The molecule has 12 heteroatoms. The second-order valence-corrected chi connectivity index (χ2v) is 10.0. The summed E-state index contributed by atoms with van der Waals surface area (Å²) in [6.45, 7) is -0.297. The fourth-order valence-electron chi connectivity index (χ4n) is 3.92. The molecule has 0 aliphatic rings. The Morgan fingerprint density at radius 3 is 2.20 bits per heavy atom. The van der Waals surface area contributed by atoms with Gasteiger partial charge < -0.3 is 25.2 Å². The number of halogens is 4. The van der Waals surface area contributed by atoms with Gasteiger partial charge in [-0.15, -0.1) is 0 Å². The Balaban J connectivity index is 1.56. The van der Waals surface area contributed by atoms with Crippen molar-refractivity contribution in [3.63, 3.8) is 0 Å². The molecule has 45 heavy (non-hydrogen) atoms. The smallest absolute Gasteiger partial charge is 0.416 e. The number of carboxylic acid groups (broad SMARTS) is 1. The normalized spacial score (nSPS) is 12.2. The maximum Gasteiger partial charge on any atom is 0.416 e. The van der Waals surface area contributed by atoms with Gasteiger partial charge in [0.05, 0.1) is 18.8 Å². The first kappa shape index (κ1) is 32.8. The van der Waals surface area contributed by atoms with Gasteiger partial charge in [-0.3, -0.25) is 9.59 Å². The van der Waals surface area contributed by atoms with Gasteiger partial charge >= 0.3 is 12.1 Å². The van der Waals surface area contributed by atoms with Gasteiger partial charge in [-0.1, -0.05) is 54.1 Å². The zero-order chi connectivity index (χ0) is 32.4. The summed E-state index contributed by atoms with van der Waals surface area (Å²) in [5, 5.41) is 14.9. The number of hydrogen-bond acceptors (Lipinski definition) is 5. The molecule has 1 atom stereocenters. The van der Waals surface area contributed by atoms with E-state index in [1.54, 1.807) is 72.8 Å². The summed E-state index contributed by atoms with van der Waals surface area (Å²) in [6, 6.07) is 23.9. The van der Waals surface area contributed by atoms with Gasteiger partial charge in [0.25, 0.3) is 11.8 Å². The molecule has 0 unspecified atom stereocenters. The molecule has 0 saturated carbocycles. The molecular formula is C33H26ClF3N2O6. The van der Waals surface area contributed by atoms with Crippen LogP contribution in [0.25, 0.3) is 6.08 Å². The Hall–Kier alpha value is -5.13. The molecule has 4 aromatic rings. The number of carboxylic acids is 1. The van der Waals surface area contributed by atoms with E-state index in [9.17, 15) is 32.7 Å². The van der Waals surface area contributed by atoms with Crippen LogP contribution in [-0.4, -0.2) is 35.5 Å². The van der Waals surface area contributed by atoms with Gasteiger partial charge in [-0.05, 0) is 77.9 Å². The van der Waals surface area contributed by atoms with E-state index in [4.69, 9.17) is 21.1 Å². The maximum atomic E-state index is 13.4. The Morgan fingerprint density at radius 1 is 0.867 bits per heavy atom. The molecule has 0 saturated heterocycles. The van der Waals surface area contributed by atoms with Crippen molar-refractivity contribution in [3.05, 3.63) is 136 Å². The first-order valence-corrected chi connectivity index (χ1v) is 13.7. The second kappa shape index (κ2) is 15.0. The Morgan fingerprint density at radius 2 is 1.56 bits per heavy atom. The topological polar surface area (TPSA) is 114 Å². The number of ether oxygens (including phenoxy) is 2. The number of alkyl halides is 3. The van der Waals surface area contributed by atoms with Crippen LogP contribution in [0.3, 0.4) is 0 Å². The summed E-state index contributed by atoms with van der Waals surface area (Å²) in [4.78, 5) is 38.3. The quantitative estimate of drug-likeness (QED) is 0.149. The van der Waals surface area contributed by atoms with Crippen molar-refractivity contribution in [2.24, 2.45) is 0 Å². The summed E-state index contributed by atoms with van der Waals surface area (Å²) in [5.74, 6) is -2.41. The molecule has 0 aliphatic carbocycles. The highest BCUT2D eigenvalue weighted by atomic mass is 35.5. The van der Waals surface area contributed by atoms with Gasteiger partial charge in [0.1, 0.15) is 17.2 Å². The van der Waals surface area contributed by atoms with Crippen LogP contribution in [0, 0.1) is 0 Å². The van der Waals surface area contributed by atoms with Crippen LogP contribution in [0.4, 0.5) is 13.2 Å². The summed E-state index contributed by atoms with van der Waals surface area (Å²) >= 11 is 5.92. The SMILES string of the molecule is O=C(N[C@@H](COCc1ccccc1)C(=O)O)C(=Cc1cccc(Oc2ccc(Cl)cc2)c1)NC(=O)c1ccc(C(F)(F)F)cc1. The molecule has 8 nitrogen and oxygen atoms in total. The summed E-state index contributed by atoms with van der Waals surface area (Å²) in [7, 11) is 0. The van der Waals surface area contributed by atoms with Crippen molar-refractivity contribution in [1.29, 1.82) is 0 Å². The highest BCUT2D eigenvalue weighted by Crippen LogP contribution is 2.29. The predicted octanol–water partition coefficient (Wildman–Crippen LogP) is 6.71. The minimum atomic E-state index is -4.60. The van der Waals surface area contributed by atoms with Gasteiger partial charge in [-0.2, -0.15) is 13.2 Å². The number of carbonyl (C=O) groups is 3. The van der Waals surface area contributed by atoms with Crippen LogP contribution in [0.1, 0.15) is 27.0 Å². The average Bonchev–Trinajstić information content (AvgIpc) is 3.01. The third-order valence-electron chi connectivity index (χ3n) is 6.19. The lowest BCUT2D eigenvalue weighted by Gasteiger charge is -2.17. The van der Waals surface area contributed by atoms with Crippen molar-refractivity contribution >= 4 is 35.5 Å². The Kier molecular flexibility index (Phi) is 11.0. The first-order chi connectivity index (χ1) is 21.5. The van der Waals surface area contributed by atoms with Crippen molar-refractivity contribution in [1.82, 2.24) is 10.6 Å². The predicted molar refractivity (Wildman–Crippen MR) is 161 cm³/mol. The molecule has 4 aromatic carbocycles. The van der Waals surface area contributed by atoms with Crippen molar-refractivity contribution in [2.75, 3.05) is 6.61 Å². The monoisotopic (exact) mass is 638 g/mol. The van der Waals surface area contributed by atoms with E-state index in [2.05, 4.69) is 10.6 Å². The van der Waals surface area contributed by atoms with Gasteiger partial charge in [0, 0.05) is 10.6 Å². The minimum absolute atomic E-state index is 0.0915.